The van der Waals surface area contributed by atoms with Crippen molar-refractivity contribution in [3.05, 3.63) is 41.9 Å². The van der Waals surface area contributed by atoms with Crippen molar-refractivity contribution < 1.29 is 4.79 Å². The lowest BCUT2D eigenvalue weighted by Crippen LogP contribution is -2.14. The van der Waals surface area contributed by atoms with Crippen LogP contribution < -0.4 is 10.6 Å². The van der Waals surface area contributed by atoms with Gasteiger partial charge in [0.2, 0.25) is 11.9 Å². The number of nitrogens with zero attached hydrogens (tertiary/aromatic N) is 3. The maximum atomic E-state index is 12.0. The van der Waals surface area contributed by atoms with E-state index in [0.717, 1.165) is 28.0 Å². The van der Waals surface area contributed by atoms with Gasteiger partial charge in [-0.25, -0.2) is 9.97 Å². The number of nitrogens with one attached hydrogen (secondary N) is 3. The van der Waals surface area contributed by atoms with Crippen molar-refractivity contribution in [2.24, 2.45) is 0 Å². The van der Waals surface area contributed by atoms with Gasteiger partial charge in [0.1, 0.15) is 0 Å². The first-order valence-electron chi connectivity index (χ1n) is 7.89. The molecule has 0 atom stereocenters. The van der Waals surface area contributed by atoms with Gasteiger partial charge in [-0.1, -0.05) is 0 Å². The van der Waals surface area contributed by atoms with E-state index in [1.165, 1.54) is 0 Å². The van der Waals surface area contributed by atoms with Gasteiger partial charge in [0.05, 0.1) is 11.7 Å². The van der Waals surface area contributed by atoms with Gasteiger partial charge < -0.3 is 10.6 Å². The Morgan fingerprint density at radius 1 is 1.17 bits per heavy atom. The van der Waals surface area contributed by atoms with Crippen molar-refractivity contribution in [2.75, 3.05) is 17.2 Å². The fourth-order valence-electron chi connectivity index (χ4n) is 2.49. The van der Waals surface area contributed by atoms with Crippen molar-refractivity contribution in [3.8, 4) is 0 Å². The Balaban J connectivity index is 1.45. The molecule has 0 saturated carbocycles. The number of hydrogen-bond acceptors (Lipinski definition) is 5. The Morgan fingerprint density at radius 2 is 1.96 bits per heavy atom. The van der Waals surface area contributed by atoms with Crippen molar-refractivity contribution in [2.45, 2.75) is 26.7 Å². The van der Waals surface area contributed by atoms with Gasteiger partial charge in [-0.15, -0.1) is 0 Å². The lowest BCUT2D eigenvalue weighted by molar-refractivity contribution is -0.116. The molecule has 3 rings (SSSR count). The van der Waals surface area contributed by atoms with Crippen LogP contribution in [-0.4, -0.2) is 32.6 Å². The first kappa shape index (κ1) is 15.9. The van der Waals surface area contributed by atoms with Crippen LogP contribution in [0.25, 0.3) is 10.9 Å². The number of carbonyl (C=O) groups excluding carboxylic acids is 1. The van der Waals surface area contributed by atoms with Crippen LogP contribution >= 0.6 is 0 Å². The van der Waals surface area contributed by atoms with E-state index in [-0.39, 0.29) is 5.91 Å². The van der Waals surface area contributed by atoms with Gasteiger partial charge in [-0.3, -0.25) is 9.89 Å². The minimum atomic E-state index is -0.0167. The van der Waals surface area contributed by atoms with E-state index in [1.54, 1.807) is 6.20 Å². The number of aromatic nitrogens is 4. The minimum Gasteiger partial charge on any atom is -0.354 e. The molecule has 3 N–H and O–H groups in total. The third-order valence-electron chi connectivity index (χ3n) is 3.57. The van der Waals surface area contributed by atoms with Crippen molar-refractivity contribution >= 4 is 28.4 Å². The van der Waals surface area contributed by atoms with E-state index < -0.39 is 0 Å². The maximum absolute atomic E-state index is 12.0. The molecule has 1 amide bonds. The maximum Gasteiger partial charge on any atom is 0.224 e. The summed E-state index contributed by atoms with van der Waals surface area (Å²) in [5.41, 5.74) is 3.53. The van der Waals surface area contributed by atoms with Gasteiger partial charge in [-0.05, 0) is 44.5 Å². The Labute approximate surface area is 139 Å². The number of anilines is 2. The summed E-state index contributed by atoms with van der Waals surface area (Å²) in [5, 5.41) is 13.9. The van der Waals surface area contributed by atoms with Crippen LogP contribution in [0.3, 0.4) is 0 Å². The zero-order chi connectivity index (χ0) is 16.9. The van der Waals surface area contributed by atoms with Crippen LogP contribution in [0.5, 0.6) is 0 Å². The number of aryl methyl sites for hydroxylation is 2. The summed E-state index contributed by atoms with van der Waals surface area (Å²) in [4.78, 5) is 20.6. The largest absolute Gasteiger partial charge is 0.354 e. The molecule has 7 heteroatoms. The lowest BCUT2D eigenvalue weighted by Gasteiger charge is -2.07. The molecular formula is C17H20N6O. The number of fused-ring (bicyclic) bond motifs is 1. The summed E-state index contributed by atoms with van der Waals surface area (Å²) in [5.74, 6) is 0.592. The lowest BCUT2D eigenvalue weighted by atomic mass is 10.2. The number of aromatic amines is 1. The summed E-state index contributed by atoms with van der Waals surface area (Å²) in [7, 11) is 0. The first-order valence-corrected chi connectivity index (χ1v) is 7.89. The Kier molecular flexibility index (Phi) is 4.69. The number of H-pyrrole nitrogens is 1. The van der Waals surface area contributed by atoms with E-state index in [4.69, 9.17) is 0 Å². The van der Waals surface area contributed by atoms with Crippen molar-refractivity contribution in [1.29, 1.82) is 0 Å². The molecule has 124 valence electrons. The highest BCUT2D eigenvalue weighted by molar-refractivity contribution is 5.93. The second-order valence-corrected chi connectivity index (χ2v) is 5.72. The highest BCUT2D eigenvalue weighted by atomic mass is 16.1. The molecule has 0 spiro atoms. The Morgan fingerprint density at radius 3 is 2.75 bits per heavy atom. The second kappa shape index (κ2) is 7.08. The first-order chi connectivity index (χ1) is 11.6. The van der Waals surface area contributed by atoms with E-state index >= 15 is 0 Å². The van der Waals surface area contributed by atoms with Crippen LogP contribution in [0.1, 0.15) is 24.2 Å². The zero-order valence-electron chi connectivity index (χ0n) is 13.8. The molecule has 2 aromatic heterocycles. The van der Waals surface area contributed by atoms with Crippen LogP contribution in [0.15, 0.2) is 30.5 Å². The highest BCUT2D eigenvalue weighted by Crippen LogP contribution is 2.16. The molecule has 0 aliphatic rings. The average molecular weight is 324 g/mol. The van der Waals surface area contributed by atoms with Crippen LogP contribution in [-0.2, 0) is 4.79 Å². The van der Waals surface area contributed by atoms with E-state index in [2.05, 4.69) is 30.8 Å². The molecule has 3 aromatic rings. The van der Waals surface area contributed by atoms with E-state index in [9.17, 15) is 4.79 Å². The molecule has 0 unspecified atom stereocenters. The number of hydrogen-bond donors (Lipinski definition) is 3. The molecule has 24 heavy (non-hydrogen) atoms. The SMILES string of the molecule is Cc1cc(C)nc(NCCCC(=O)Nc2ccc3cn[nH]c3c2)n1. The topological polar surface area (TPSA) is 95.6 Å². The third-order valence-corrected chi connectivity index (χ3v) is 3.57. The van der Waals surface area contributed by atoms with Gasteiger partial charge >= 0.3 is 0 Å². The molecule has 2 heterocycles. The third kappa shape index (κ3) is 4.07. The highest BCUT2D eigenvalue weighted by Gasteiger charge is 2.05. The molecular weight excluding hydrogens is 304 g/mol. The average Bonchev–Trinajstić information content (AvgIpc) is 2.98. The monoisotopic (exact) mass is 324 g/mol. The van der Waals surface area contributed by atoms with Crippen molar-refractivity contribution in [1.82, 2.24) is 20.2 Å². The molecule has 0 radical (unpaired) electrons. The van der Waals surface area contributed by atoms with Gasteiger partial charge in [-0.2, -0.15) is 5.10 Å². The molecule has 7 nitrogen and oxygen atoms in total. The van der Waals surface area contributed by atoms with Gasteiger partial charge in [0, 0.05) is 35.4 Å². The molecule has 0 saturated heterocycles. The summed E-state index contributed by atoms with van der Waals surface area (Å²) in [6.07, 6.45) is 2.88. The predicted molar refractivity (Wildman–Crippen MR) is 94.0 cm³/mol. The quantitative estimate of drug-likeness (QED) is 0.606. The summed E-state index contributed by atoms with van der Waals surface area (Å²) in [6, 6.07) is 7.60. The Hall–Kier alpha value is -2.96. The number of benzene rings is 1. The Bertz CT molecular complexity index is 837. The number of rotatable bonds is 6. The second-order valence-electron chi connectivity index (χ2n) is 5.72. The normalized spacial score (nSPS) is 10.8. The molecule has 1 aromatic carbocycles. The summed E-state index contributed by atoms with van der Waals surface area (Å²) >= 11 is 0. The van der Waals surface area contributed by atoms with Crippen LogP contribution in [0.4, 0.5) is 11.6 Å². The van der Waals surface area contributed by atoms with E-state index in [0.29, 0.717) is 25.3 Å². The van der Waals surface area contributed by atoms with E-state index in [1.807, 2.05) is 38.1 Å². The van der Waals surface area contributed by atoms with Gasteiger partial charge in [0.15, 0.2) is 0 Å². The number of carbonyl (C=O) groups is 1. The minimum absolute atomic E-state index is 0.0167. The number of amides is 1. The van der Waals surface area contributed by atoms with Crippen molar-refractivity contribution in [3.63, 3.8) is 0 Å². The molecule has 0 fully saturated rings. The summed E-state index contributed by atoms with van der Waals surface area (Å²) < 4.78 is 0. The molecule has 0 aliphatic heterocycles. The fourth-order valence-corrected chi connectivity index (χ4v) is 2.49. The fraction of sp³-hybridized carbons (Fsp3) is 0.294. The smallest absolute Gasteiger partial charge is 0.224 e. The molecule has 0 bridgehead atoms. The van der Waals surface area contributed by atoms with Crippen LogP contribution in [0, 0.1) is 13.8 Å². The zero-order valence-corrected chi connectivity index (χ0v) is 13.8. The molecule has 0 aliphatic carbocycles. The van der Waals surface area contributed by atoms with Crippen LogP contribution in [0.2, 0.25) is 0 Å². The van der Waals surface area contributed by atoms with Gasteiger partial charge in [0.25, 0.3) is 0 Å². The standard InChI is InChI=1S/C17H20N6O/c1-11-8-12(2)21-17(20-11)18-7-3-4-16(24)22-14-6-5-13-10-19-23-15(13)9-14/h5-6,8-10H,3-4,7H2,1-2H3,(H,19,23)(H,22,24)(H,18,20,21). The summed E-state index contributed by atoms with van der Waals surface area (Å²) in [6.45, 7) is 4.52. The predicted octanol–water partition coefficient (Wildman–Crippen LogP) is 2.80.